The van der Waals surface area contributed by atoms with E-state index in [0.717, 1.165) is 44.7 Å². The summed E-state index contributed by atoms with van der Waals surface area (Å²) in [5.41, 5.74) is 4.77. The molecule has 0 saturated heterocycles. The number of nitrogens with zero attached hydrogens (tertiary/aromatic N) is 5. The molecule has 2 heterocycles. The molecule has 7 nitrogen and oxygen atoms in total. The summed E-state index contributed by atoms with van der Waals surface area (Å²) >= 11 is 3.73. The van der Waals surface area contributed by atoms with E-state index in [1.165, 1.54) is 34.6 Å². The number of hydrogen-bond acceptors (Lipinski definition) is 4. The largest absolute Gasteiger partial charge is 0.493 e. The Bertz CT molecular complexity index is 1280. The predicted molar refractivity (Wildman–Crippen MR) is 118 cm³/mol. The van der Waals surface area contributed by atoms with Crippen molar-refractivity contribution in [3.63, 3.8) is 0 Å². The van der Waals surface area contributed by atoms with Crippen molar-refractivity contribution in [2.45, 2.75) is 32.4 Å². The minimum atomic E-state index is -0.241. The fourth-order valence-corrected chi connectivity index (χ4v) is 4.42. The second-order valence-corrected chi connectivity index (χ2v) is 8.79. The SMILES string of the molecule is Cn1c(O)cn(Cc2ccc(-c3ccc4c(nnn4CCC4CC4)c3Br)cc2)c1=O. The highest BCUT2D eigenvalue weighted by molar-refractivity contribution is 9.10. The van der Waals surface area contributed by atoms with E-state index in [2.05, 4.69) is 38.4 Å². The van der Waals surface area contributed by atoms with Gasteiger partial charge in [-0.2, -0.15) is 0 Å². The predicted octanol–water partition coefficient (Wildman–Crippen LogP) is 3.92. The van der Waals surface area contributed by atoms with Crippen LogP contribution in [0.3, 0.4) is 0 Å². The molecule has 1 fully saturated rings. The van der Waals surface area contributed by atoms with Crippen molar-refractivity contribution in [2.24, 2.45) is 13.0 Å². The fraction of sp³-hybridized carbons (Fsp3) is 0.318. The van der Waals surface area contributed by atoms with E-state index >= 15 is 0 Å². The lowest BCUT2D eigenvalue weighted by atomic mass is 10.0. The molecule has 1 aliphatic rings. The molecule has 4 aromatic rings. The third kappa shape index (κ3) is 3.45. The second kappa shape index (κ2) is 7.43. The molecular formula is C22H22BrN5O2. The van der Waals surface area contributed by atoms with Crippen LogP contribution in [0.15, 0.2) is 51.9 Å². The second-order valence-electron chi connectivity index (χ2n) is 7.99. The zero-order chi connectivity index (χ0) is 20.8. The molecule has 5 rings (SSSR count). The number of fused-ring (bicyclic) bond motifs is 1. The Kier molecular flexibility index (Phi) is 4.73. The van der Waals surface area contributed by atoms with Crippen molar-refractivity contribution >= 4 is 27.0 Å². The fourth-order valence-electron chi connectivity index (χ4n) is 3.78. The van der Waals surface area contributed by atoms with Gasteiger partial charge in [0.1, 0.15) is 5.52 Å². The van der Waals surface area contributed by atoms with Gasteiger partial charge in [-0.05, 0) is 51.0 Å². The highest BCUT2D eigenvalue weighted by Crippen LogP contribution is 2.35. The van der Waals surface area contributed by atoms with Gasteiger partial charge in [0, 0.05) is 13.6 Å². The first-order chi connectivity index (χ1) is 14.5. The molecule has 1 saturated carbocycles. The molecule has 2 aromatic heterocycles. The maximum absolute atomic E-state index is 12.1. The summed E-state index contributed by atoms with van der Waals surface area (Å²) in [6.45, 7) is 1.32. The van der Waals surface area contributed by atoms with Crippen LogP contribution in [0, 0.1) is 5.92 Å². The third-order valence-electron chi connectivity index (χ3n) is 5.84. The first-order valence-electron chi connectivity index (χ1n) is 10.1. The van der Waals surface area contributed by atoms with Crippen LogP contribution in [0.25, 0.3) is 22.2 Å². The topological polar surface area (TPSA) is 77.9 Å². The summed E-state index contributed by atoms with van der Waals surface area (Å²) < 4.78 is 5.65. The number of benzene rings is 2. The molecule has 0 unspecified atom stereocenters. The van der Waals surface area contributed by atoms with Crippen LogP contribution in [0.2, 0.25) is 0 Å². The molecule has 1 N–H and O–H groups in total. The van der Waals surface area contributed by atoms with Gasteiger partial charge in [0.15, 0.2) is 0 Å². The van der Waals surface area contributed by atoms with Crippen LogP contribution in [-0.4, -0.2) is 29.2 Å². The summed E-state index contributed by atoms with van der Waals surface area (Å²) in [7, 11) is 1.55. The first kappa shape index (κ1) is 19.1. The smallest absolute Gasteiger partial charge is 0.331 e. The molecule has 2 aromatic carbocycles. The summed E-state index contributed by atoms with van der Waals surface area (Å²) in [4.78, 5) is 12.1. The van der Waals surface area contributed by atoms with Gasteiger partial charge >= 0.3 is 5.69 Å². The summed E-state index contributed by atoms with van der Waals surface area (Å²) in [5.74, 6) is 0.820. The van der Waals surface area contributed by atoms with Crippen molar-refractivity contribution in [2.75, 3.05) is 0 Å². The molecule has 1 aliphatic carbocycles. The van der Waals surface area contributed by atoms with Gasteiger partial charge in [-0.3, -0.25) is 9.13 Å². The van der Waals surface area contributed by atoms with Crippen molar-refractivity contribution in [3.8, 4) is 17.0 Å². The summed E-state index contributed by atoms with van der Waals surface area (Å²) in [6.07, 6.45) is 5.31. The Morgan fingerprint density at radius 1 is 1.17 bits per heavy atom. The van der Waals surface area contributed by atoms with Crippen LogP contribution < -0.4 is 5.69 Å². The van der Waals surface area contributed by atoms with E-state index in [1.54, 1.807) is 7.05 Å². The van der Waals surface area contributed by atoms with Gasteiger partial charge in [-0.15, -0.1) is 5.10 Å². The molecule has 0 aliphatic heterocycles. The quantitative estimate of drug-likeness (QED) is 0.466. The summed E-state index contributed by atoms with van der Waals surface area (Å²) in [6, 6.07) is 12.2. The Labute approximate surface area is 181 Å². The minimum absolute atomic E-state index is 0.0426. The number of imidazole rings is 1. The van der Waals surface area contributed by atoms with E-state index < -0.39 is 0 Å². The van der Waals surface area contributed by atoms with Gasteiger partial charge in [0.25, 0.3) is 0 Å². The van der Waals surface area contributed by atoms with E-state index in [4.69, 9.17) is 0 Å². The van der Waals surface area contributed by atoms with E-state index in [1.807, 2.05) is 28.9 Å². The number of halogens is 1. The highest BCUT2D eigenvalue weighted by atomic mass is 79.9. The van der Waals surface area contributed by atoms with Crippen LogP contribution in [0.5, 0.6) is 5.88 Å². The maximum atomic E-state index is 12.1. The molecular weight excluding hydrogens is 446 g/mol. The van der Waals surface area contributed by atoms with Crippen LogP contribution >= 0.6 is 15.9 Å². The molecule has 0 bridgehead atoms. The Hall–Kier alpha value is -2.87. The molecule has 0 atom stereocenters. The Morgan fingerprint density at radius 3 is 2.60 bits per heavy atom. The number of aromatic nitrogens is 5. The normalized spacial score (nSPS) is 13.9. The van der Waals surface area contributed by atoms with Crippen molar-refractivity contribution in [3.05, 3.63) is 63.1 Å². The number of rotatable bonds is 6. The third-order valence-corrected chi connectivity index (χ3v) is 6.64. The van der Waals surface area contributed by atoms with Gasteiger partial charge in [0.2, 0.25) is 5.88 Å². The maximum Gasteiger partial charge on any atom is 0.331 e. The molecule has 30 heavy (non-hydrogen) atoms. The number of aryl methyl sites for hydroxylation is 1. The summed E-state index contributed by atoms with van der Waals surface area (Å²) in [5, 5.41) is 18.4. The van der Waals surface area contributed by atoms with Gasteiger partial charge in [-0.1, -0.05) is 48.4 Å². The molecule has 0 amide bonds. The standard InChI is InChI=1S/C22H22BrN5O2/c1-26-19(29)13-27(22(26)30)12-15-4-6-16(7-5-15)17-8-9-18-21(20(17)23)24-25-28(18)11-10-14-2-3-14/h4-9,13-14,29H,2-3,10-12H2,1H3. The zero-order valence-electron chi connectivity index (χ0n) is 16.6. The highest BCUT2D eigenvalue weighted by Gasteiger charge is 2.21. The lowest BCUT2D eigenvalue weighted by Crippen LogP contribution is -2.22. The number of hydrogen-bond donors (Lipinski definition) is 1. The average Bonchev–Trinajstić information content (AvgIpc) is 3.44. The van der Waals surface area contributed by atoms with Gasteiger partial charge in [-0.25, -0.2) is 9.48 Å². The van der Waals surface area contributed by atoms with E-state index in [-0.39, 0.29) is 11.6 Å². The molecule has 8 heteroatoms. The van der Waals surface area contributed by atoms with Crippen molar-refractivity contribution < 1.29 is 5.11 Å². The lowest BCUT2D eigenvalue weighted by Gasteiger charge is -2.08. The van der Waals surface area contributed by atoms with Crippen molar-refractivity contribution in [1.82, 2.24) is 24.1 Å². The average molecular weight is 468 g/mol. The zero-order valence-corrected chi connectivity index (χ0v) is 18.2. The monoisotopic (exact) mass is 467 g/mol. The molecule has 154 valence electrons. The Morgan fingerprint density at radius 2 is 1.93 bits per heavy atom. The van der Waals surface area contributed by atoms with E-state index in [0.29, 0.717) is 6.54 Å². The van der Waals surface area contributed by atoms with E-state index in [9.17, 15) is 9.90 Å². The van der Waals surface area contributed by atoms with Crippen LogP contribution in [-0.2, 0) is 20.1 Å². The Balaban J connectivity index is 1.40. The first-order valence-corrected chi connectivity index (χ1v) is 10.9. The van der Waals surface area contributed by atoms with Crippen LogP contribution in [0.4, 0.5) is 0 Å². The van der Waals surface area contributed by atoms with Gasteiger partial charge in [0.05, 0.1) is 22.7 Å². The van der Waals surface area contributed by atoms with Crippen LogP contribution in [0.1, 0.15) is 24.8 Å². The van der Waals surface area contributed by atoms with Gasteiger partial charge < -0.3 is 5.11 Å². The minimum Gasteiger partial charge on any atom is -0.493 e. The van der Waals surface area contributed by atoms with Crippen molar-refractivity contribution in [1.29, 1.82) is 0 Å². The lowest BCUT2D eigenvalue weighted by molar-refractivity contribution is 0.429. The molecule has 0 radical (unpaired) electrons. The number of aromatic hydroxyl groups is 1. The molecule has 0 spiro atoms.